The Labute approximate surface area is 107 Å². The van der Waals surface area contributed by atoms with Crippen LogP contribution in [0.15, 0.2) is 29.2 Å². The second kappa shape index (κ2) is 5.29. The molecule has 2 rings (SSSR count). The minimum Gasteiger partial charge on any atom is -0.477 e. The van der Waals surface area contributed by atoms with Crippen molar-refractivity contribution in [3.63, 3.8) is 0 Å². The van der Waals surface area contributed by atoms with E-state index in [4.69, 9.17) is 5.11 Å². The van der Waals surface area contributed by atoms with Crippen LogP contribution in [0.1, 0.15) is 20.9 Å². The summed E-state index contributed by atoms with van der Waals surface area (Å²) in [7, 11) is 0. The van der Waals surface area contributed by atoms with Gasteiger partial charge in [0, 0.05) is 10.6 Å². The number of thioether (sulfide) groups is 1. The minimum absolute atomic E-state index is 0.226. The van der Waals surface area contributed by atoms with Crippen molar-refractivity contribution < 1.29 is 9.90 Å². The fourth-order valence-electron chi connectivity index (χ4n) is 1.25. The first-order chi connectivity index (χ1) is 8.16. The van der Waals surface area contributed by atoms with E-state index in [9.17, 15) is 4.79 Å². The van der Waals surface area contributed by atoms with E-state index >= 15 is 0 Å². The molecule has 2 aromatic rings. The zero-order valence-electron chi connectivity index (χ0n) is 9.08. The smallest absolute Gasteiger partial charge is 0.349 e. The van der Waals surface area contributed by atoms with E-state index in [2.05, 4.69) is 9.59 Å². The Balaban J connectivity index is 2.05. The number of rotatable bonds is 4. The predicted octanol–water partition coefficient (Wildman–Crippen LogP) is 2.84. The molecule has 88 valence electrons. The van der Waals surface area contributed by atoms with Gasteiger partial charge in [-0.25, -0.2) is 4.79 Å². The molecule has 1 N–H and O–H groups in total. The molecule has 6 heteroatoms. The first-order valence-corrected chi connectivity index (χ1v) is 6.66. The minimum atomic E-state index is -0.959. The zero-order chi connectivity index (χ0) is 12.3. The fraction of sp³-hybridized carbons (Fsp3) is 0.182. The summed E-state index contributed by atoms with van der Waals surface area (Å²) in [6.07, 6.45) is 0. The van der Waals surface area contributed by atoms with E-state index in [0.717, 1.165) is 16.4 Å². The second-order valence-corrected chi connectivity index (χ2v) is 5.26. The van der Waals surface area contributed by atoms with Crippen LogP contribution in [0.5, 0.6) is 0 Å². The SMILES string of the molecule is Cc1ccc(SCc2nnsc2C(=O)O)cc1. The summed E-state index contributed by atoms with van der Waals surface area (Å²) in [5.74, 6) is -0.430. The fourth-order valence-corrected chi connectivity index (χ4v) is 2.69. The van der Waals surface area contributed by atoms with Crippen LogP contribution < -0.4 is 0 Å². The lowest BCUT2D eigenvalue weighted by Gasteiger charge is -2.00. The normalized spacial score (nSPS) is 10.4. The second-order valence-electron chi connectivity index (χ2n) is 3.46. The highest BCUT2D eigenvalue weighted by molar-refractivity contribution is 7.98. The summed E-state index contributed by atoms with van der Waals surface area (Å²) in [4.78, 5) is 12.2. The molecule has 0 saturated heterocycles. The monoisotopic (exact) mass is 266 g/mol. The number of nitrogens with zero attached hydrogens (tertiary/aromatic N) is 2. The molecule has 4 nitrogen and oxygen atoms in total. The topological polar surface area (TPSA) is 63.1 Å². The van der Waals surface area contributed by atoms with Crippen molar-refractivity contribution in [2.24, 2.45) is 0 Å². The maximum atomic E-state index is 10.9. The van der Waals surface area contributed by atoms with E-state index in [0.29, 0.717) is 11.4 Å². The standard InChI is InChI=1S/C11H10N2O2S2/c1-7-2-4-8(5-3-7)16-6-9-10(11(14)15)17-13-12-9/h2-5H,6H2,1H3,(H,14,15). The molecule has 0 bridgehead atoms. The molecule has 0 unspecified atom stereocenters. The first-order valence-electron chi connectivity index (χ1n) is 4.91. The zero-order valence-corrected chi connectivity index (χ0v) is 10.7. The van der Waals surface area contributed by atoms with Crippen molar-refractivity contribution in [3.05, 3.63) is 40.4 Å². The molecule has 0 fully saturated rings. The van der Waals surface area contributed by atoms with Crippen LogP contribution in [-0.4, -0.2) is 20.7 Å². The van der Waals surface area contributed by atoms with E-state index in [-0.39, 0.29) is 4.88 Å². The van der Waals surface area contributed by atoms with Crippen molar-refractivity contribution in [1.82, 2.24) is 9.59 Å². The maximum absolute atomic E-state index is 10.9. The molecular formula is C11H10N2O2S2. The average molecular weight is 266 g/mol. The van der Waals surface area contributed by atoms with Crippen LogP contribution in [0.3, 0.4) is 0 Å². The molecule has 0 radical (unpaired) electrons. The van der Waals surface area contributed by atoms with Gasteiger partial charge in [-0.2, -0.15) is 0 Å². The van der Waals surface area contributed by atoms with Gasteiger partial charge < -0.3 is 5.11 Å². The van der Waals surface area contributed by atoms with Gasteiger partial charge in [-0.15, -0.1) is 16.9 Å². The number of benzene rings is 1. The molecule has 1 heterocycles. The Kier molecular flexibility index (Phi) is 3.75. The van der Waals surface area contributed by atoms with E-state index < -0.39 is 5.97 Å². The molecule has 0 saturated carbocycles. The highest BCUT2D eigenvalue weighted by atomic mass is 32.2. The van der Waals surface area contributed by atoms with Gasteiger partial charge in [-0.1, -0.05) is 22.2 Å². The summed E-state index contributed by atoms with van der Waals surface area (Å²) in [6.45, 7) is 2.03. The number of hydrogen-bond acceptors (Lipinski definition) is 5. The average Bonchev–Trinajstić information content (AvgIpc) is 2.76. The predicted molar refractivity (Wildman–Crippen MR) is 67.6 cm³/mol. The molecule has 1 aromatic carbocycles. The van der Waals surface area contributed by atoms with Crippen molar-refractivity contribution in [1.29, 1.82) is 0 Å². The lowest BCUT2D eigenvalue weighted by Crippen LogP contribution is -1.97. The largest absolute Gasteiger partial charge is 0.477 e. The van der Waals surface area contributed by atoms with Gasteiger partial charge in [0.25, 0.3) is 0 Å². The van der Waals surface area contributed by atoms with Gasteiger partial charge in [-0.3, -0.25) is 0 Å². The van der Waals surface area contributed by atoms with Crippen LogP contribution in [0.25, 0.3) is 0 Å². The van der Waals surface area contributed by atoms with Crippen LogP contribution >= 0.6 is 23.3 Å². The van der Waals surface area contributed by atoms with Gasteiger partial charge in [0.05, 0.1) is 0 Å². The molecule has 17 heavy (non-hydrogen) atoms. The first kappa shape index (κ1) is 12.1. The maximum Gasteiger partial charge on any atom is 0.349 e. The quantitative estimate of drug-likeness (QED) is 0.862. The summed E-state index contributed by atoms with van der Waals surface area (Å²) < 4.78 is 3.67. The third-order valence-electron chi connectivity index (χ3n) is 2.15. The highest BCUT2D eigenvalue weighted by Crippen LogP contribution is 2.24. The summed E-state index contributed by atoms with van der Waals surface area (Å²) >= 11 is 2.48. The molecule has 0 aliphatic rings. The van der Waals surface area contributed by atoms with E-state index in [1.165, 1.54) is 5.56 Å². The summed E-state index contributed by atoms with van der Waals surface area (Å²) in [6, 6.07) is 8.08. The Morgan fingerprint density at radius 1 is 1.41 bits per heavy atom. The molecule has 0 aliphatic heterocycles. The van der Waals surface area contributed by atoms with Crippen molar-refractivity contribution in [2.45, 2.75) is 17.6 Å². The van der Waals surface area contributed by atoms with Gasteiger partial charge in [-0.05, 0) is 30.6 Å². The highest BCUT2D eigenvalue weighted by Gasteiger charge is 2.14. The van der Waals surface area contributed by atoms with Gasteiger partial charge in [0.1, 0.15) is 5.69 Å². The molecular weight excluding hydrogens is 256 g/mol. The summed E-state index contributed by atoms with van der Waals surface area (Å²) in [5.41, 5.74) is 1.74. The number of carboxylic acids is 1. The number of carbonyl (C=O) groups is 1. The van der Waals surface area contributed by atoms with Gasteiger partial charge in [0.2, 0.25) is 0 Å². The molecule has 0 atom stereocenters. The molecule has 0 aliphatic carbocycles. The lowest BCUT2D eigenvalue weighted by atomic mass is 10.2. The van der Waals surface area contributed by atoms with E-state index in [1.807, 2.05) is 31.2 Å². The molecule has 0 spiro atoms. The third kappa shape index (κ3) is 3.04. The number of aryl methyl sites for hydroxylation is 1. The summed E-state index contributed by atoms with van der Waals surface area (Å²) in [5, 5.41) is 12.7. The van der Waals surface area contributed by atoms with Crippen molar-refractivity contribution >= 4 is 29.3 Å². The Bertz CT molecular complexity index is 523. The number of aromatic carboxylic acids is 1. The Morgan fingerprint density at radius 2 is 2.12 bits per heavy atom. The number of aromatic nitrogens is 2. The van der Waals surface area contributed by atoms with Crippen LogP contribution in [0.4, 0.5) is 0 Å². The van der Waals surface area contributed by atoms with Gasteiger partial charge in [0.15, 0.2) is 4.88 Å². The van der Waals surface area contributed by atoms with Crippen LogP contribution in [-0.2, 0) is 5.75 Å². The Morgan fingerprint density at radius 3 is 2.76 bits per heavy atom. The lowest BCUT2D eigenvalue weighted by molar-refractivity contribution is 0.0701. The van der Waals surface area contributed by atoms with Crippen LogP contribution in [0.2, 0.25) is 0 Å². The molecule has 0 amide bonds. The third-order valence-corrected chi connectivity index (χ3v) is 3.93. The van der Waals surface area contributed by atoms with Crippen molar-refractivity contribution in [2.75, 3.05) is 0 Å². The van der Waals surface area contributed by atoms with E-state index in [1.54, 1.807) is 11.8 Å². The number of carboxylic acid groups (broad SMARTS) is 1. The number of hydrogen-bond donors (Lipinski definition) is 1. The van der Waals surface area contributed by atoms with Crippen molar-refractivity contribution in [3.8, 4) is 0 Å². The molecule has 1 aromatic heterocycles. The van der Waals surface area contributed by atoms with Crippen LogP contribution in [0, 0.1) is 6.92 Å². The van der Waals surface area contributed by atoms with Gasteiger partial charge >= 0.3 is 5.97 Å². The Hall–Kier alpha value is -1.40.